The minimum absolute atomic E-state index is 0.0920. The van der Waals surface area contributed by atoms with E-state index in [1.165, 1.54) is 18.9 Å². The van der Waals surface area contributed by atoms with Gasteiger partial charge in [0.05, 0.1) is 11.6 Å². The number of hydrogen-bond donors (Lipinski definition) is 1. The molecule has 1 aliphatic carbocycles. The van der Waals surface area contributed by atoms with Crippen LogP contribution in [0.25, 0.3) is 0 Å². The molecule has 0 bridgehead atoms. The Bertz CT molecular complexity index is 371. The fourth-order valence-electron chi connectivity index (χ4n) is 2.32. The van der Waals surface area contributed by atoms with Crippen LogP contribution in [0.1, 0.15) is 25.7 Å². The highest BCUT2D eigenvalue weighted by molar-refractivity contribution is 7.80. The van der Waals surface area contributed by atoms with Gasteiger partial charge in [-0.05, 0) is 30.7 Å². The molecule has 0 saturated heterocycles. The number of ether oxygens (including phenoxy) is 1. The number of para-hydroxylation sites is 1. The van der Waals surface area contributed by atoms with E-state index in [0.29, 0.717) is 11.6 Å². The van der Waals surface area contributed by atoms with Crippen LogP contribution in [0.2, 0.25) is 5.02 Å². The number of thiol groups is 1. The number of rotatable bonds is 4. The summed E-state index contributed by atoms with van der Waals surface area (Å²) in [7, 11) is 0. The van der Waals surface area contributed by atoms with E-state index in [9.17, 15) is 4.39 Å². The van der Waals surface area contributed by atoms with Gasteiger partial charge < -0.3 is 4.74 Å². The van der Waals surface area contributed by atoms with Crippen molar-refractivity contribution in [1.29, 1.82) is 0 Å². The summed E-state index contributed by atoms with van der Waals surface area (Å²) in [5, 5.41) is 0.331. The molecule has 0 N–H and O–H groups in total. The zero-order valence-corrected chi connectivity index (χ0v) is 11.2. The van der Waals surface area contributed by atoms with E-state index < -0.39 is 5.82 Å². The summed E-state index contributed by atoms with van der Waals surface area (Å²) < 4.78 is 19.1. The van der Waals surface area contributed by atoms with Crippen LogP contribution in [0.5, 0.6) is 5.75 Å². The molecule has 0 atom stereocenters. The van der Waals surface area contributed by atoms with Crippen LogP contribution in [0.3, 0.4) is 0 Å². The van der Waals surface area contributed by atoms with Crippen LogP contribution in [-0.4, -0.2) is 12.4 Å². The van der Waals surface area contributed by atoms with Crippen molar-refractivity contribution in [2.75, 3.05) is 12.4 Å². The zero-order chi connectivity index (χ0) is 12.3. The van der Waals surface area contributed by atoms with Gasteiger partial charge in [-0.2, -0.15) is 12.6 Å². The van der Waals surface area contributed by atoms with Gasteiger partial charge in [-0.25, -0.2) is 4.39 Å². The van der Waals surface area contributed by atoms with Crippen LogP contribution < -0.4 is 4.74 Å². The molecule has 1 nitrogen and oxygen atoms in total. The largest absolute Gasteiger partial charge is 0.488 e. The predicted molar refractivity (Wildman–Crippen MR) is 71.7 cm³/mol. The molecule has 1 fully saturated rings. The maximum atomic E-state index is 13.5. The summed E-state index contributed by atoms with van der Waals surface area (Å²) in [5.41, 5.74) is 0.0920. The molecule has 1 aliphatic rings. The molecule has 2 rings (SSSR count). The van der Waals surface area contributed by atoms with Crippen molar-refractivity contribution in [3.63, 3.8) is 0 Å². The third-order valence-electron chi connectivity index (χ3n) is 3.44. The Hall–Kier alpha value is -0.410. The first kappa shape index (κ1) is 13.0. The highest BCUT2D eigenvalue weighted by Gasteiger charge is 2.33. The molecule has 1 saturated carbocycles. The normalized spacial score (nSPS) is 18.3. The van der Waals surface area contributed by atoms with Crippen molar-refractivity contribution in [3.8, 4) is 5.75 Å². The molecule has 0 unspecified atom stereocenters. The Labute approximate surface area is 112 Å². The molecule has 1 aromatic rings. The van der Waals surface area contributed by atoms with Crippen LogP contribution in [0, 0.1) is 11.2 Å². The monoisotopic (exact) mass is 274 g/mol. The zero-order valence-electron chi connectivity index (χ0n) is 9.59. The Morgan fingerprint density at radius 3 is 2.65 bits per heavy atom. The van der Waals surface area contributed by atoms with Gasteiger partial charge in [-0.15, -0.1) is 0 Å². The molecule has 0 radical (unpaired) electrons. The van der Waals surface area contributed by atoms with E-state index in [1.54, 1.807) is 12.1 Å². The van der Waals surface area contributed by atoms with Gasteiger partial charge in [0, 0.05) is 5.41 Å². The third kappa shape index (κ3) is 2.89. The summed E-state index contributed by atoms with van der Waals surface area (Å²) >= 11 is 10.3. The molecule has 0 aliphatic heterocycles. The molecule has 0 aromatic heterocycles. The van der Waals surface area contributed by atoms with Crippen molar-refractivity contribution in [1.82, 2.24) is 0 Å². The first-order chi connectivity index (χ1) is 8.17. The van der Waals surface area contributed by atoms with Crippen molar-refractivity contribution < 1.29 is 9.13 Å². The van der Waals surface area contributed by atoms with Crippen LogP contribution in [0.4, 0.5) is 4.39 Å². The van der Waals surface area contributed by atoms with Gasteiger partial charge in [-0.1, -0.05) is 30.5 Å². The molecule has 17 heavy (non-hydrogen) atoms. The topological polar surface area (TPSA) is 9.23 Å². The van der Waals surface area contributed by atoms with Crippen molar-refractivity contribution in [2.24, 2.45) is 5.41 Å². The van der Waals surface area contributed by atoms with Crippen LogP contribution in [0.15, 0.2) is 18.2 Å². The molecule has 94 valence electrons. The Kier molecular flexibility index (Phi) is 4.21. The smallest absolute Gasteiger partial charge is 0.173 e. The quantitative estimate of drug-likeness (QED) is 0.803. The maximum Gasteiger partial charge on any atom is 0.173 e. The molecule has 4 heteroatoms. The van der Waals surface area contributed by atoms with E-state index in [2.05, 4.69) is 12.6 Å². The SMILES string of the molecule is Fc1cccc(Cl)c1OCC1(CS)CCCC1. The van der Waals surface area contributed by atoms with E-state index in [1.807, 2.05) is 0 Å². The van der Waals surface area contributed by atoms with Gasteiger partial charge in [0.15, 0.2) is 11.6 Å². The molecular formula is C13H16ClFOS. The van der Waals surface area contributed by atoms with Gasteiger partial charge in [0.25, 0.3) is 0 Å². The number of benzene rings is 1. The second-order valence-corrected chi connectivity index (χ2v) is 5.43. The molecule has 0 amide bonds. The second-order valence-electron chi connectivity index (χ2n) is 4.70. The standard InChI is InChI=1S/C13H16ClFOS/c14-10-4-3-5-11(15)12(10)16-8-13(9-17)6-1-2-7-13/h3-5,17H,1-2,6-9H2. The highest BCUT2D eigenvalue weighted by atomic mass is 35.5. The fraction of sp³-hybridized carbons (Fsp3) is 0.538. The van der Waals surface area contributed by atoms with E-state index in [-0.39, 0.29) is 11.2 Å². The maximum absolute atomic E-state index is 13.5. The molecule has 1 aromatic carbocycles. The summed E-state index contributed by atoms with van der Waals surface area (Å²) in [6, 6.07) is 4.58. The average Bonchev–Trinajstić information content (AvgIpc) is 2.78. The first-order valence-electron chi connectivity index (χ1n) is 5.85. The van der Waals surface area contributed by atoms with Gasteiger partial charge >= 0.3 is 0 Å². The van der Waals surface area contributed by atoms with E-state index >= 15 is 0 Å². The lowest BCUT2D eigenvalue weighted by Gasteiger charge is -2.27. The average molecular weight is 275 g/mol. The Balaban J connectivity index is 2.06. The second kappa shape index (κ2) is 5.49. The van der Waals surface area contributed by atoms with Gasteiger partial charge in [0.2, 0.25) is 0 Å². The number of hydrogen-bond acceptors (Lipinski definition) is 2. The van der Waals surface area contributed by atoms with Crippen LogP contribution in [-0.2, 0) is 0 Å². The molecule has 0 spiro atoms. The van der Waals surface area contributed by atoms with Crippen molar-refractivity contribution >= 4 is 24.2 Å². The summed E-state index contributed by atoms with van der Waals surface area (Å²) in [6.45, 7) is 0.497. The van der Waals surface area contributed by atoms with E-state index in [0.717, 1.165) is 18.6 Å². The number of halogens is 2. The molecule has 0 heterocycles. The third-order valence-corrected chi connectivity index (χ3v) is 4.41. The summed E-state index contributed by atoms with van der Waals surface area (Å²) in [4.78, 5) is 0. The Morgan fingerprint density at radius 1 is 1.35 bits per heavy atom. The fourth-order valence-corrected chi connectivity index (χ4v) is 2.94. The van der Waals surface area contributed by atoms with Gasteiger partial charge in [-0.3, -0.25) is 0 Å². The summed E-state index contributed by atoms with van der Waals surface area (Å²) in [5.74, 6) is 0.547. The lowest BCUT2D eigenvalue weighted by Crippen LogP contribution is -2.27. The van der Waals surface area contributed by atoms with Crippen LogP contribution >= 0.6 is 24.2 Å². The van der Waals surface area contributed by atoms with Crippen molar-refractivity contribution in [3.05, 3.63) is 29.0 Å². The summed E-state index contributed by atoms with van der Waals surface area (Å²) in [6.07, 6.45) is 4.61. The first-order valence-corrected chi connectivity index (χ1v) is 6.86. The molecular weight excluding hydrogens is 259 g/mol. The Morgan fingerprint density at radius 2 is 2.06 bits per heavy atom. The minimum Gasteiger partial charge on any atom is -0.488 e. The minimum atomic E-state index is -0.398. The highest BCUT2D eigenvalue weighted by Crippen LogP contribution is 2.40. The lowest BCUT2D eigenvalue weighted by molar-refractivity contribution is 0.168. The lowest BCUT2D eigenvalue weighted by atomic mass is 9.90. The predicted octanol–water partition coefficient (Wildman–Crippen LogP) is 4.35. The van der Waals surface area contributed by atoms with E-state index in [4.69, 9.17) is 16.3 Å². The van der Waals surface area contributed by atoms with Crippen molar-refractivity contribution in [2.45, 2.75) is 25.7 Å². The van der Waals surface area contributed by atoms with Gasteiger partial charge in [0.1, 0.15) is 0 Å².